The van der Waals surface area contributed by atoms with E-state index in [2.05, 4.69) is 10.6 Å². The molecule has 0 aliphatic rings. The lowest BCUT2D eigenvalue weighted by atomic mass is 10.1. The van der Waals surface area contributed by atoms with Crippen LogP contribution in [0.4, 0.5) is 20.6 Å². The van der Waals surface area contributed by atoms with Gasteiger partial charge in [-0.05, 0) is 43.7 Å². The van der Waals surface area contributed by atoms with E-state index in [4.69, 9.17) is 0 Å². The normalized spacial score (nSPS) is 11.8. The maximum absolute atomic E-state index is 13.4. The van der Waals surface area contributed by atoms with Crippen molar-refractivity contribution in [2.24, 2.45) is 0 Å². The first-order chi connectivity index (χ1) is 9.97. The summed E-state index contributed by atoms with van der Waals surface area (Å²) in [4.78, 5) is 11.9. The zero-order chi connectivity index (χ0) is 15.4. The van der Waals surface area contributed by atoms with E-state index >= 15 is 0 Å². The van der Waals surface area contributed by atoms with Crippen LogP contribution in [0.25, 0.3) is 0 Å². The van der Waals surface area contributed by atoms with Gasteiger partial charge < -0.3 is 15.7 Å². The van der Waals surface area contributed by atoms with Crippen LogP contribution in [0.15, 0.2) is 42.5 Å². The highest BCUT2D eigenvalue weighted by atomic mass is 19.1. The number of hydrogen-bond donors (Lipinski definition) is 3. The predicted molar refractivity (Wildman–Crippen MR) is 80.9 cm³/mol. The third-order valence-electron chi connectivity index (χ3n) is 3.14. The second kappa shape index (κ2) is 6.37. The number of benzene rings is 2. The van der Waals surface area contributed by atoms with E-state index in [1.807, 2.05) is 0 Å². The fourth-order valence-corrected chi connectivity index (χ4v) is 1.90. The minimum absolute atomic E-state index is 0.371. The predicted octanol–water partition coefficient (Wildman–Crippen LogP) is 3.83. The number of urea groups is 1. The number of halogens is 1. The Morgan fingerprint density at radius 1 is 1.19 bits per heavy atom. The molecule has 0 aromatic heterocycles. The van der Waals surface area contributed by atoms with Crippen LogP contribution in [0.5, 0.6) is 0 Å². The molecule has 0 radical (unpaired) electrons. The Morgan fingerprint density at radius 2 is 1.90 bits per heavy atom. The lowest BCUT2D eigenvalue weighted by Crippen LogP contribution is -2.20. The summed E-state index contributed by atoms with van der Waals surface area (Å²) < 4.78 is 13.4. The number of rotatable bonds is 3. The third-order valence-corrected chi connectivity index (χ3v) is 3.14. The minimum atomic E-state index is -0.611. The zero-order valence-corrected chi connectivity index (χ0v) is 11.9. The van der Waals surface area contributed by atoms with E-state index in [0.717, 1.165) is 0 Å². The van der Waals surface area contributed by atoms with Gasteiger partial charge in [-0.25, -0.2) is 9.18 Å². The van der Waals surface area contributed by atoms with Crippen LogP contribution in [0.3, 0.4) is 0 Å². The Labute approximate surface area is 122 Å². The maximum Gasteiger partial charge on any atom is 0.323 e. The van der Waals surface area contributed by atoms with Crippen LogP contribution >= 0.6 is 0 Å². The third kappa shape index (κ3) is 3.79. The first kappa shape index (κ1) is 15.0. The second-order valence-electron chi connectivity index (χ2n) is 4.79. The molecule has 2 amide bonds. The summed E-state index contributed by atoms with van der Waals surface area (Å²) in [6.45, 7) is 3.24. The van der Waals surface area contributed by atoms with Crippen molar-refractivity contribution in [1.82, 2.24) is 0 Å². The molecule has 2 rings (SSSR count). The molecule has 2 aromatic carbocycles. The molecule has 0 saturated carbocycles. The highest BCUT2D eigenvalue weighted by Crippen LogP contribution is 2.19. The number of amides is 2. The van der Waals surface area contributed by atoms with E-state index in [9.17, 15) is 14.3 Å². The lowest BCUT2D eigenvalue weighted by Gasteiger charge is -2.11. The van der Waals surface area contributed by atoms with Gasteiger partial charge in [-0.15, -0.1) is 0 Å². The molecule has 0 bridgehead atoms. The number of aliphatic hydroxyl groups excluding tert-OH is 1. The van der Waals surface area contributed by atoms with Crippen LogP contribution in [-0.2, 0) is 0 Å². The Kier molecular flexibility index (Phi) is 4.55. The molecule has 5 heteroatoms. The Morgan fingerprint density at radius 3 is 2.62 bits per heavy atom. The molecule has 4 nitrogen and oxygen atoms in total. The van der Waals surface area contributed by atoms with Crippen LogP contribution in [0.2, 0.25) is 0 Å². The fourth-order valence-electron chi connectivity index (χ4n) is 1.90. The summed E-state index contributed by atoms with van der Waals surface area (Å²) in [5.74, 6) is -0.371. The van der Waals surface area contributed by atoms with Gasteiger partial charge in [0.05, 0.1) is 6.10 Å². The first-order valence-electron chi connectivity index (χ1n) is 6.58. The molecule has 0 aliphatic carbocycles. The highest BCUT2D eigenvalue weighted by molar-refractivity contribution is 6.00. The van der Waals surface area contributed by atoms with E-state index in [-0.39, 0.29) is 5.82 Å². The molecule has 1 unspecified atom stereocenters. The number of carbonyl (C=O) groups excluding carboxylic acids is 1. The molecule has 0 heterocycles. The molecule has 0 fully saturated rings. The summed E-state index contributed by atoms with van der Waals surface area (Å²) in [5.41, 5.74) is 2.05. The van der Waals surface area contributed by atoms with Crippen molar-refractivity contribution >= 4 is 17.4 Å². The van der Waals surface area contributed by atoms with E-state index in [1.54, 1.807) is 44.2 Å². The van der Waals surface area contributed by atoms with Gasteiger partial charge >= 0.3 is 6.03 Å². The van der Waals surface area contributed by atoms with E-state index in [1.165, 1.54) is 12.1 Å². The fraction of sp³-hybridized carbons (Fsp3) is 0.188. The minimum Gasteiger partial charge on any atom is -0.389 e. The summed E-state index contributed by atoms with van der Waals surface area (Å²) in [6.07, 6.45) is -0.611. The number of hydrogen-bond acceptors (Lipinski definition) is 2. The Balaban J connectivity index is 2.08. The molecule has 0 aliphatic heterocycles. The van der Waals surface area contributed by atoms with E-state index < -0.39 is 12.1 Å². The van der Waals surface area contributed by atoms with E-state index in [0.29, 0.717) is 22.5 Å². The van der Waals surface area contributed by atoms with Crippen molar-refractivity contribution < 1.29 is 14.3 Å². The first-order valence-corrected chi connectivity index (χ1v) is 6.58. The summed E-state index contributed by atoms with van der Waals surface area (Å²) in [5, 5.41) is 14.8. The summed E-state index contributed by atoms with van der Waals surface area (Å²) in [7, 11) is 0. The van der Waals surface area contributed by atoms with Crippen molar-refractivity contribution in [2.45, 2.75) is 20.0 Å². The molecule has 3 N–H and O–H groups in total. The zero-order valence-electron chi connectivity index (χ0n) is 11.9. The molecule has 21 heavy (non-hydrogen) atoms. The van der Waals surface area contributed by atoms with Gasteiger partial charge in [-0.1, -0.05) is 18.2 Å². The largest absolute Gasteiger partial charge is 0.389 e. The van der Waals surface area contributed by atoms with Gasteiger partial charge in [-0.3, -0.25) is 0 Å². The number of carbonyl (C=O) groups is 1. The monoisotopic (exact) mass is 288 g/mol. The van der Waals surface area contributed by atoms with Crippen LogP contribution in [0.1, 0.15) is 24.2 Å². The van der Waals surface area contributed by atoms with Crippen molar-refractivity contribution in [1.29, 1.82) is 0 Å². The molecule has 110 valence electrons. The van der Waals surface area contributed by atoms with Crippen molar-refractivity contribution in [2.75, 3.05) is 10.6 Å². The lowest BCUT2D eigenvalue weighted by molar-refractivity contribution is 0.199. The SMILES string of the molecule is Cc1c(F)cccc1NC(=O)Nc1cccc(C(C)O)c1. The van der Waals surface area contributed by atoms with Crippen LogP contribution in [-0.4, -0.2) is 11.1 Å². The second-order valence-corrected chi connectivity index (χ2v) is 4.79. The quantitative estimate of drug-likeness (QED) is 0.803. The van der Waals surface area contributed by atoms with Crippen LogP contribution < -0.4 is 10.6 Å². The number of anilines is 2. The summed E-state index contributed by atoms with van der Waals surface area (Å²) >= 11 is 0. The Bertz CT molecular complexity index is 656. The van der Waals surface area contributed by atoms with Crippen molar-refractivity contribution in [3.8, 4) is 0 Å². The molecule has 2 aromatic rings. The standard InChI is InChI=1S/C16H17FN2O2/c1-10-14(17)7-4-8-15(10)19-16(21)18-13-6-3-5-12(9-13)11(2)20/h3-9,11,20H,1-2H3,(H2,18,19,21). The average molecular weight is 288 g/mol. The molecule has 1 atom stereocenters. The van der Waals surface area contributed by atoms with Gasteiger partial charge in [0.2, 0.25) is 0 Å². The van der Waals surface area contributed by atoms with Crippen LogP contribution in [0, 0.1) is 12.7 Å². The number of nitrogens with one attached hydrogen (secondary N) is 2. The van der Waals surface area contributed by atoms with Gasteiger partial charge in [-0.2, -0.15) is 0 Å². The smallest absolute Gasteiger partial charge is 0.323 e. The topological polar surface area (TPSA) is 61.4 Å². The summed E-state index contributed by atoms with van der Waals surface area (Å²) in [6, 6.07) is 10.9. The van der Waals surface area contributed by atoms with Gasteiger partial charge in [0, 0.05) is 16.9 Å². The molecule has 0 spiro atoms. The van der Waals surface area contributed by atoms with Crippen molar-refractivity contribution in [3.63, 3.8) is 0 Å². The highest BCUT2D eigenvalue weighted by Gasteiger charge is 2.08. The maximum atomic E-state index is 13.4. The molecule has 0 saturated heterocycles. The van der Waals surface area contributed by atoms with Gasteiger partial charge in [0.25, 0.3) is 0 Å². The average Bonchev–Trinajstić information content (AvgIpc) is 2.44. The Hall–Kier alpha value is -2.40. The number of aliphatic hydroxyl groups is 1. The molecular formula is C16H17FN2O2. The van der Waals surface area contributed by atoms with Gasteiger partial charge in [0.15, 0.2) is 0 Å². The van der Waals surface area contributed by atoms with Crippen molar-refractivity contribution in [3.05, 3.63) is 59.4 Å². The molecular weight excluding hydrogens is 271 g/mol. The van der Waals surface area contributed by atoms with Gasteiger partial charge in [0.1, 0.15) is 5.82 Å².